The van der Waals surface area contributed by atoms with Crippen LogP contribution in [0.5, 0.6) is 5.88 Å². The summed E-state index contributed by atoms with van der Waals surface area (Å²) in [5.74, 6) is 0.587. The van der Waals surface area contributed by atoms with Crippen LogP contribution in [0.15, 0.2) is 29.0 Å². The van der Waals surface area contributed by atoms with E-state index in [-0.39, 0.29) is 0 Å². The van der Waals surface area contributed by atoms with Gasteiger partial charge in [0.1, 0.15) is 0 Å². The Labute approximate surface area is 123 Å². The fourth-order valence-corrected chi connectivity index (χ4v) is 1.34. The number of nitrogens with zero attached hydrogens (tertiary/aromatic N) is 1. The van der Waals surface area contributed by atoms with Crippen molar-refractivity contribution in [3.8, 4) is 5.88 Å². The van der Waals surface area contributed by atoms with Gasteiger partial charge in [-0.1, -0.05) is 24.6 Å². The van der Waals surface area contributed by atoms with Crippen molar-refractivity contribution in [1.29, 1.82) is 0 Å². The summed E-state index contributed by atoms with van der Waals surface area (Å²) in [7, 11) is 0. The molecule has 0 radical (unpaired) electrons. The van der Waals surface area contributed by atoms with Gasteiger partial charge in [-0.3, -0.25) is 0 Å². The fraction of sp³-hybridized carbons (Fsp3) is 0.462. The van der Waals surface area contributed by atoms with E-state index in [1.165, 1.54) is 0 Å². The molecule has 102 valence electrons. The molecule has 0 saturated carbocycles. The SMILES string of the molecule is CC/C=C\NCC.CCOc1cc(Br)c(Cl)cn1. The molecule has 0 aliphatic rings. The Hall–Kier alpha value is -0.740. The Balaban J connectivity index is 0.000000360. The smallest absolute Gasteiger partial charge is 0.214 e. The zero-order valence-corrected chi connectivity index (χ0v) is 13.4. The van der Waals surface area contributed by atoms with Crippen molar-refractivity contribution in [2.24, 2.45) is 0 Å². The van der Waals surface area contributed by atoms with E-state index < -0.39 is 0 Å². The van der Waals surface area contributed by atoms with Gasteiger partial charge in [0.05, 0.1) is 17.8 Å². The molecular weight excluding hydrogens is 316 g/mol. The zero-order valence-electron chi connectivity index (χ0n) is 11.0. The molecule has 0 saturated heterocycles. The van der Waals surface area contributed by atoms with Gasteiger partial charge >= 0.3 is 0 Å². The van der Waals surface area contributed by atoms with Gasteiger partial charge < -0.3 is 10.1 Å². The maximum absolute atomic E-state index is 5.72. The second-order valence-electron chi connectivity index (χ2n) is 3.24. The Morgan fingerprint density at radius 1 is 1.44 bits per heavy atom. The van der Waals surface area contributed by atoms with Gasteiger partial charge in [0.15, 0.2) is 0 Å². The fourth-order valence-electron chi connectivity index (χ4n) is 0.942. The van der Waals surface area contributed by atoms with Crippen LogP contribution in [0.1, 0.15) is 27.2 Å². The van der Waals surface area contributed by atoms with Crippen molar-refractivity contribution in [2.75, 3.05) is 13.2 Å². The number of allylic oxidation sites excluding steroid dienone is 1. The van der Waals surface area contributed by atoms with E-state index in [2.05, 4.69) is 46.2 Å². The second kappa shape index (κ2) is 11.4. The third-order valence-corrected chi connectivity index (χ3v) is 2.94. The van der Waals surface area contributed by atoms with Crippen molar-refractivity contribution in [2.45, 2.75) is 27.2 Å². The molecule has 1 aromatic heterocycles. The number of hydrogen-bond acceptors (Lipinski definition) is 3. The molecule has 1 aromatic rings. The molecule has 1 heterocycles. The molecular formula is C13H20BrClN2O. The number of aromatic nitrogens is 1. The Morgan fingerprint density at radius 2 is 2.17 bits per heavy atom. The normalized spacial score (nSPS) is 9.83. The number of pyridine rings is 1. The number of hydrogen-bond donors (Lipinski definition) is 1. The van der Waals surface area contributed by atoms with Crippen molar-refractivity contribution < 1.29 is 4.74 Å². The molecule has 18 heavy (non-hydrogen) atoms. The van der Waals surface area contributed by atoms with Crippen LogP contribution in [-0.2, 0) is 0 Å². The highest BCUT2D eigenvalue weighted by Crippen LogP contribution is 2.24. The van der Waals surface area contributed by atoms with E-state index in [1.807, 2.05) is 13.1 Å². The topological polar surface area (TPSA) is 34.1 Å². The molecule has 1 rings (SSSR count). The lowest BCUT2D eigenvalue weighted by Crippen LogP contribution is -2.00. The molecule has 5 heteroatoms. The lowest BCUT2D eigenvalue weighted by molar-refractivity contribution is 0.326. The number of ether oxygens (including phenoxy) is 1. The second-order valence-corrected chi connectivity index (χ2v) is 4.50. The summed E-state index contributed by atoms with van der Waals surface area (Å²) in [5, 5.41) is 3.66. The van der Waals surface area contributed by atoms with Crippen molar-refractivity contribution in [3.63, 3.8) is 0 Å². The van der Waals surface area contributed by atoms with E-state index >= 15 is 0 Å². The predicted octanol–water partition coefficient (Wildman–Crippen LogP) is 4.42. The van der Waals surface area contributed by atoms with Crippen LogP contribution in [0.4, 0.5) is 0 Å². The Bertz CT molecular complexity index is 359. The highest BCUT2D eigenvalue weighted by atomic mass is 79.9. The van der Waals surface area contributed by atoms with Gasteiger partial charge in [0.2, 0.25) is 5.88 Å². The lowest BCUT2D eigenvalue weighted by Gasteiger charge is -2.01. The summed E-state index contributed by atoms with van der Waals surface area (Å²) in [6, 6.07) is 1.74. The summed E-state index contributed by atoms with van der Waals surface area (Å²) >= 11 is 8.98. The van der Waals surface area contributed by atoms with Crippen LogP contribution in [0.2, 0.25) is 5.02 Å². The third kappa shape index (κ3) is 8.37. The molecule has 0 unspecified atom stereocenters. The third-order valence-electron chi connectivity index (χ3n) is 1.75. The molecule has 0 aliphatic carbocycles. The Morgan fingerprint density at radius 3 is 2.67 bits per heavy atom. The highest BCUT2D eigenvalue weighted by molar-refractivity contribution is 9.10. The molecule has 0 aliphatic heterocycles. The van der Waals surface area contributed by atoms with Crippen LogP contribution in [0.25, 0.3) is 0 Å². The average molecular weight is 336 g/mol. The van der Waals surface area contributed by atoms with Gasteiger partial charge in [-0.15, -0.1) is 0 Å². The van der Waals surface area contributed by atoms with Gasteiger partial charge in [-0.25, -0.2) is 4.98 Å². The summed E-state index contributed by atoms with van der Waals surface area (Å²) in [6.07, 6.45) is 6.76. The summed E-state index contributed by atoms with van der Waals surface area (Å²) in [4.78, 5) is 3.94. The zero-order chi connectivity index (χ0) is 13.8. The average Bonchev–Trinajstić information content (AvgIpc) is 2.36. The maximum Gasteiger partial charge on any atom is 0.214 e. The monoisotopic (exact) mass is 334 g/mol. The first-order valence-corrected chi connectivity index (χ1v) is 7.14. The van der Waals surface area contributed by atoms with Crippen molar-refractivity contribution in [3.05, 3.63) is 34.0 Å². The number of nitrogens with one attached hydrogen (secondary N) is 1. The van der Waals surface area contributed by atoms with E-state index in [9.17, 15) is 0 Å². The summed E-state index contributed by atoms with van der Waals surface area (Å²) in [5.41, 5.74) is 0. The van der Waals surface area contributed by atoms with Crippen LogP contribution < -0.4 is 10.1 Å². The molecule has 0 fully saturated rings. The first-order valence-electron chi connectivity index (χ1n) is 5.97. The van der Waals surface area contributed by atoms with Crippen molar-refractivity contribution in [1.82, 2.24) is 10.3 Å². The molecule has 0 aromatic carbocycles. The first-order chi connectivity index (χ1) is 8.65. The molecule has 0 atom stereocenters. The van der Waals surface area contributed by atoms with Gasteiger partial charge in [0, 0.05) is 17.1 Å². The van der Waals surface area contributed by atoms with E-state index in [4.69, 9.17) is 16.3 Å². The maximum atomic E-state index is 5.72. The van der Waals surface area contributed by atoms with Gasteiger partial charge in [0.25, 0.3) is 0 Å². The molecule has 0 bridgehead atoms. The first kappa shape index (κ1) is 17.3. The minimum atomic E-state index is 0.587. The van der Waals surface area contributed by atoms with Crippen molar-refractivity contribution >= 4 is 27.5 Å². The van der Waals surface area contributed by atoms with Crippen LogP contribution in [0, 0.1) is 0 Å². The minimum Gasteiger partial charge on any atom is -0.478 e. The van der Waals surface area contributed by atoms with Gasteiger partial charge in [-0.2, -0.15) is 0 Å². The van der Waals surface area contributed by atoms with Crippen LogP contribution >= 0.6 is 27.5 Å². The number of rotatable bonds is 5. The van der Waals surface area contributed by atoms with Gasteiger partial charge in [-0.05, 0) is 42.4 Å². The van der Waals surface area contributed by atoms with E-state index in [0.29, 0.717) is 17.5 Å². The lowest BCUT2D eigenvalue weighted by atomic mass is 10.5. The molecule has 3 nitrogen and oxygen atoms in total. The quantitative estimate of drug-likeness (QED) is 0.865. The van der Waals surface area contributed by atoms with E-state index in [0.717, 1.165) is 17.4 Å². The van der Waals surface area contributed by atoms with E-state index in [1.54, 1.807) is 12.3 Å². The summed E-state index contributed by atoms with van der Waals surface area (Å²) in [6.45, 7) is 7.75. The van der Waals surface area contributed by atoms with Crippen LogP contribution in [0.3, 0.4) is 0 Å². The standard InChI is InChI=1S/C7H7BrClNO.C6H13N/c1-2-11-7-3-5(8)6(9)4-10-7;1-3-5-6-7-4-2/h3-4H,2H2,1H3;5-7H,3-4H2,1-2H3/b;6-5-. The molecule has 0 amide bonds. The highest BCUT2D eigenvalue weighted by Gasteiger charge is 1.99. The van der Waals surface area contributed by atoms with Crippen LogP contribution in [-0.4, -0.2) is 18.1 Å². The predicted molar refractivity (Wildman–Crippen MR) is 81.2 cm³/mol. The minimum absolute atomic E-state index is 0.587. The Kier molecular flexibility index (Phi) is 10.9. The number of halogens is 2. The largest absolute Gasteiger partial charge is 0.478 e. The molecule has 0 spiro atoms. The molecule has 1 N–H and O–H groups in total. The summed E-state index contributed by atoms with van der Waals surface area (Å²) < 4.78 is 5.95.